The summed E-state index contributed by atoms with van der Waals surface area (Å²) in [4.78, 5) is 2.31. The van der Waals surface area contributed by atoms with Gasteiger partial charge in [-0.3, -0.25) is 4.90 Å². The lowest BCUT2D eigenvalue weighted by atomic mass is 9.88. The molecule has 0 bridgehead atoms. The second-order valence-electron chi connectivity index (χ2n) is 6.48. The van der Waals surface area contributed by atoms with E-state index in [9.17, 15) is 13.2 Å². The van der Waals surface area contributed by atoms with Crippen LogP contribution in [0.4, 0.5) is 13.2 Å². The van der Waals surface area contributed by atoms with Crippen molar-refractivity contribution in [1.29, 1.82) is 0 Å². The monoisotopic (exact) mass is 346 g/mol. The fourth-order valence-corrected chi connectivity index (χ4v) is 4.32. The SMILES string of the molecule is FC(F)(F)c1cccc([C@H](C2CCCC2)N2CCNCC2)c1Cl. The number of piperazine rings is 1. The minimum atomic E-state index is -4.41. The maximum atomic E-state index is 13.2. The summed E-state index contributed by atoms with van der Waals surface area (Å²) in [5, 5.41) is 3.19. The molecule has 1 aliphatic heterocycles. The molecule has 2 nitrogen and oxygen atoms in total. The zero-order chi connectivity index (χ0) is 16.4. The van der Waals surface area contributed by atoms with E-state index in [1.165, 1.54) is 6.07 Å². The zero-order valence-corrected chi connectivity index (χ0v) is 13.8. The lowest BCUT2D eigenvalue weighted by Gasteiger charge is -2.39. The van der Waals surface area contributed by atoms with Crippen molar-refractivity contribution >= 4 is 11.6 Å². The number of hydrogen-bond acceptors (Lipinski definition) is 2. The van der Waals surface area contributed by atoms with E-state index in [0.29, 0.717) is 11.5 Å². The molecule has 2 aliphatic rings. The summed E-state index contributed by atoms with van der Waals surface area (Å²) >= 11 is 6.22. The molecule has 6 heteroatoms. The van der Waals surface area contributed by atoms with Crippen LogP contribution in [0.25, 0.3) is 0 Å². The van der Waals surface area contributed by atoms with Crippen LogP contribution in [0.15, 0.2) is 18.2 Å². The molecule has 1 aliphatic carbocycles. The third-order valence-corrected chi connectivity index (χ3v) is 5.47. The fraction of sp³-hybridized carbons (Fsp3) is 0.647. The summed E-state index contributed by atoms with van der Waals surface area (Å²) in [7, 11) is 0. The predicted octanol–water partition coefficient (Wildman–Crippen LogP) is 4.50. The highest BCUT2D eigenvalue weighted by Crippen LogP contribution is 2.45. The highest BCUT2D eigenvalue weighted by atomic mass is 35.5. The van der Waals surface area contributed by atoms with E-state index in [1.54, 1.807) is 6.07 Å². The summed E-state index contributed by atoms with van der Waals surface area (Å²) in [5.41, 5.74) is -0.0647. The van der Waals surface area contributed by atoms with Gasteiger partial charge in [0.05, 0.1) is 10.6 Å². The number of rotatable bonds is 3. The molecular formula is C17H22ClF3N2. The normalized spacial score (nSPS) is 22.4. The Morgan fingerprint density at radius 1 is 1.13 bits per heavy atom. The van der Waals surface area contributed by atoms with Crippen molar-refractivity contribution in [3.63, 3.8) is 0 Å². The van der Waals surface area contributed by atoms with Crippen molar-refractivity contribution < 1.29 is 13.2 Å². The Labute approximate surface area is 140 Å². The molecule has 0 unspecified atom stereocenters. The minimum absolute atomic E-state index is 0.00519. The smallest absolute Gasteiger partial charge is 0.314 e. The summed E-state index contributed by atoms with van der Waals surface area (Å²) in [5.74, 6) is 0.397. The van der Waals surface area contributed by atoms with Crippen LogP contribution in [-0.2, 0) is 6.18 Å². The molecule has 0 spiro atoms. The van der Waals surface area contributed by atoms with Gasteiger partial charge in [-0.2, -0.15) is 13.2 Å². The van der Waals surface area contributed by atoms with Crippen LogP contribution in [-0.4, -0.2) is 31.1 Å². The van der Waals surface area contributed by atoms with Crippen molar-refractivity contribution in [3.05, 3.63) is 34.3 Å². The van der Waals surface area contributed by atoms with Crippen LogP contribution >= 0.6 is 11.6 Å². The van der Waals surface area contributed by atoms with E-state index in [4.69, 9.17) is 11.6 Å². The summed E-state index contributed by atoms with van der Waals surface area (Å²) in [6, 6.07) is 4.35. The average molecular weight is 347 g/mol. The maximum absolute atomic E-state index is 13.2. The van der Waals surface area contributed by atoms with E-state index >= 15 is 0 Å². The Bertz CT molecular complexity index is 535. The number of hydrogen-bond donors (Lipinski definition) is 1. The Hall–Kier alpha value is -0.780. The maximum Gasteiger partial charge on any atom is 0.417 e. The number of halogens is 4. The Balaban J connectivity index is 1.99. The van der Waals surface area contributed by atoms with Gasteiger partial charge in [0.2, 0.25) is 0 Å². The van der Waals surface area contributed by atoms with Gasteiger partial charge < -0.3 is 5.32 Å². The van der Waals surface area contributed by atoms with Crippen LogP contribution in [0.2, 0.25) is 5.02 Å². The van der Waals surface area contributed by atoms with Gasteiger partial charge in [-0.1, -0.05) is 36.6 Å². The molecule has 0 radical (unpaired) electrons. The van der Waals surface area contributed by atoms with Crippen molar-refractivity contribution in [2.75, 3.05) is 26.2 Å². The molecule has 1 aromatic rings. The quantitative estimate of drug-likeness (QED) is 0.867. The first-order valence-electron chi connectivity index (χ1n) is 8.29. The van der Waals surface area contributed by atoms with Crippen LogP contribution in [0.5, 0.6) is 0 Å². The highest BCUT2D eigenvalue weighted by Gasteiger charge is 2.38. The van der Waals surface area contributed by atoms with Gasteiger partial charge in [0.1, 0.15) is 0 Å². The molecule has 0 aromatic heterocycles. The summed E-state index contributed by atoms with van der Waals surface area (Å²) in [6.07, 6.45) is 0.0484. The number of benzene rings is 1. The number of alkyl halides is 3. The standard InChI is InChI=1S/C17H22ClF3N2/c18-15-13(6-3-7-14(15)17(19,20)21)16(12-4-1-2-5-12)23-10-8-22-9-11-23/h3,6-7,12,16,22H,1-2,4-5,8-11H2/t16-/m0/s1. The van der Waals surface area contributed by atoms with Crippen molar-refractivity contribution in [3.8, 4) is 0 Å². The lowest BCUT2D eigenvalue weighted by molar-refractivity contribution is -0.137. The van der Waals surface area contributed by atoms with Gasteiger partial charge in [-0.15, -0.1) is 0 Å². The van der Waals surface area contributed by atoms with Crippen molar-refractivity contribution in [2.24, 2.45) is 5.92 Å². The van der Waals surface area contributed by atoms with Gasteiger partial charge in [0.25, 0.3) is 0 Å². The Morgan fingerprint density at radius 3 is 2.39 bits per heavy atom. The molecule has 1 atom stereocenters. The van der Waals surface area contributed by atoms with Gasteiger partial charge in [-0.25, -0.2) is 0 Å². The Morgan fingerprint density at radius 2 is 1.78 bits per heavy atom. The zero-order valence-electron chi connectivity index (χ0n) is 13.0. The fourth-order valence-electron chi connectivity index (χ4n) is 3.98. The van der Waals surface area contributed by atoms with E-state index in [0.717, 1.165) is 57.9 Å². The molecule has 1 N–H and O–H groups in total. The number of nitrogens with one attached hydrogen (secondary N) is 1. The van der Waals surface area contributed by atoms with Crippen LogP contribution in [0.1, 0.15) is 42.9 Å². The largest absolute Gasteiger partial charge is 0.417 e. The molecule has 1 saturated heterocycles. The van der Waals surface area contributed by atoms with E-state index in [2.05, 4.69) is 10.2 Å². The summed E-state index contributed by atoms with van der Waals surface area (Å²) in [6.45, 7) is 3.46. The molecule has 23 heavy (non-hydrogen) atoms. The van der Waals surface area contributed by atoms with Crippen molar-refractivity contribution in [2.45, 2.75) is 37.9 Å². The number of nitrogens with zero attached hydrogens (tertiary/aromatic N) is 1. The van der Waals surface area contributed by atoms with Crippen LogP contribution in [0, 0.1) is 5.92 Å². The van der Waals surface area contributed by atoms with Gasteiger partial charge in [0.15, 0.2) is 0 Å². The molecule has 1 heterocycles. The molecule has 1 aromatic carbocycles. The third-order valence-electron chi connectivity index (χ3n) is 5.04. The van der Waals surface area contributed by atoms with Crippen LogP contribution < -0.4 is 5.32 Å². The molecule has 2 fully saturated rings. The third kappa shape index (κ3) is 3.67. The van der Waals surface area contributed by atoms with Gasteiger partial charge >= 0.3 is 6.18 Å². The highest BCUT2D eigenvalue weighted by molar-refractivity contribution is 6.32. The Kier molecular flexibility index (Phi) is 5.19. The average Bonchev–Trinajstić information content (AvgIpc) is 3.03. The van der Waals surface area contributed by atoms with Crippen molar-refractivity contribution in [1.82, 2.24) is 10.2 Å². The lowest BCUT2D eigenvalue weighted by Crippen LogP contribution is -2.46. The van der Waals surface area contributed by atoms with E-state index in [1.807, 2.05) is 0 Å². The minimum Gasteiger partial charge on any atom is -0.314 e. The molecule has 0 amide bonds. The van der Waals surface area contributed by atoms with E-state index < -0.39 is 11.7 Å². The molecule has 1 saturated carbocycles. The topological polar surface area (TPSA) is 15.3 Å². The first-order chi connectivity index (χ1) is 11.0. The van der Waals surface area contributed by atoms with E-state index in [-0.39, 0.29) is 11.1 Å². The second kappa shape index (κ2) is 6.99. The summed E-state index contributed by atoms with van der Waals surface area (Å²) < 4.78 is 39.6. The van der Waals surface area contributed by atoms with Gasteiger partial charge in [-0.05, 0) is 30.4 Å². The van der Waals surface area contributed by atoms with Gasteiger partial charge in [0, 0.05) is 32.2 Å². The van der Waals surface area contributed by atoms with Crippen LogP contribution in [0.3, 0.4) is 0 Å². The first kappa shape index (κ1) is 17.1. The second-order valence-corrected chi connectivity index (χ2v) is 6.86. The predicted molar refractivity (Wildman–Crippen MR) is 85.6 cm³/mol. The molecule has 3 rings (SSSR count). The molecule has 128 valence electrons. The first-order valence-corrected chi connectivity index (χ1v) is 8.66. The molecular weight excluding hydrogens is 325 g/mol.